The fourth-order valence-corrected chi connectivity index (χ4v) is 2.61. The Labute approximate surface area is 148 Å². The molecular weight excluding hydrogens is 341 g/mol. The van der Waals surface area contributed by atoms with Crippen LogP contribution < -0.4 is 20.5 Å². The van der Waals surface area contributed by atoms with Crippen LogP contribution in [0.5, 0.6) is 5.75 Å². The lowest BCUT2D eigenvalue weighted by atomic mass is 10.2. The lowest BCUT2D eigenvalue weighted by Gasteiger charge is -2.16. The lowest BCUT2D eigenvalue weighted by Crippen LogP contribution is -2.48. The summed E-state index contributed by atoms with van der Waals surface area (Å²) in [6.07, 6.45) is -0.123. The Balaban J connectivity index is 1.67. The van der Waals surface area contributed by atoms with Gasteiger partial charge >= 0.3 is 0 Å². The van der Waals surface area contributed by atoms with Crippen molar-refractivity contribution in [3.8, 4) is 5.75 Å². The SMILES string of the molecule is COc1ccc(N2C(=O)CC(NNC(=O)c3ccccc3F)C2=O)cc1. The number of methoxy groups -OCH3 is 1. The van der Waals surface area contributed by atoms with E-state index >= 15 is 0 Å². The third kappa shape index (κ3) is 3.40. The van der Waals surface area contributed by atoms with E-state index in [1.54, 1.807) is 24.3 Å². The lowest BCUT2D eigenvalue weighted by molar-refractivity contribution is -0.121. The van der Waals surface area contributed by atoms with Crippen LogP contribution >= 0.6 is 0 Å². The van der Waals surface area contributed by atoms with Crippen LogP contribution in [-0.2, 0) is 9.59 Å². The van der Waals surface area contributed by atoms with E-state index < -0.39 is 29.6 Å². The van der Waals surface area contributed by atoms with Gasteiger partial charge < -0.3 is 4.74 Å². The number of rotatable bonds is 5. The highest BCUT2D eigenvalue weighted by atomic mass is 19.1. The number of hydrazine groups is 1. The van der Waals surface area contributed by atoms with Gasteiger partial charge in [0.1, 0.15) is 17.6 Å². The van der Waals surface area contributed by atoms with Gasteiger partial charge in [0.05, 0.1) is 24.8 Å². The highest BCUT2D eigenvalue weighted by molar-refractivity contribution is 6.22. The van der Waals surface area contributed by atoms with Crippen LogP contribution in [0, 0.1) is 5.82 Å². The Hall–Kier alpha value is -3.26. The third-order valence-corrected chi connectivity index (χ3v) is 3.96. The molecule has 8 heteroatoms. The molecule has 26 heavy (non-hydrogen) atoms. The van der Waals surface area contributed by atoms with Gasteiger partial charge in [-0.05, 0) is 36.4 Å². The fraction of sp³-hybridized carbons (Fsp3) is 0.167. The van der Waals surface area contributed by atoms with Gasteiger partial charge in [-0.25, -0.2) is 14.7 Å². The number of nitrogens with one attached hydrogen (secondary N) is 2. The first kappa shape index (κ1) is 17.6. The molecule has 2 aromatic carbocycles. The summed E-state index contributed by atoms with van der Waals surface area (Å²) < 4.78 is 18.6. The molecule has 2 aromatic rings. The predicted molar refractivity (Wildman–Crippen MR) is 90.9 cm³/mol. The van der Waals surface area contributed by atoms with Crippen molar-refractivity contribution >= 4 is 23.4 Å². The molecule has 3 amide bonds. The minimum absolute atomic E-state index is 0.123. The summed E-state index contributed by atoms with van der Waals surface area (Å²) in [5, 5.41) is 0. The normalized spacial score (nSPS) is 16.7. The highest BCUT2D eigenvalue weighted by Crippen LogP contribution is 2.24. The zero-order chi connectivity index (χ0) is 18.7. The molecule has 1 unspecified atom stereocenters. The van der Waals surface area contributed by atoms with Crippen molar-refractivity contribution in [3.05, 3.63) is 59.9 Å². The Morgan fingerprint density at radius 1 is 1.15 bits per heavy atom. The van der Waals surface area contributed by atoms with Crippen molar-refractivity contribution in [3.63, 3.8) is 0 Å². The van der Waals surface area contributed by atoms with E-state index in [-0.39, 0.29) is 12.0 Å². The molecule has 1 fully saturated rings. The maximum atomic E-state index is 13.6. The first-order valence-corrected chi connectivity index (χ1v) is 7.82. The minimum atomic E-state index is -0.930. The molecular formula is C18H16FN3O4. The molecule has 3 rings (SSSR count). The molecule has 134 valence electrons. The number of hydrogen-bond acceptors (Lipinski definition) is 5. The molecule has 0 radical (unpaired) electrons. The number of carbonyl (C=O) groups is 3. The van der Waals surface area contributed by atoms with Gasteiger partial charge in [-0.2, -0.15) is 0 Å². The van der Waals surface area contributed by atoms with E-state index in [4.69, 9.17) is 4.74 Å². The summed E-state index contributed by atoms with van der Waals surface area (Å²) in [5.41, 5.74) is 5.03. The minimum Gasteiger partial charge on any atom is -0.497 e. The zero-order valence-corrected chi connectivity index (χ0v) is 13.9. The summed E-state index contributed by atoms with van der Waals surface area (Å²) >= 11 is 0. The van der Waals surface area contributed by atoms with Gasteiger partial charge in [0, 0.05) is 0 Å². The van der Waals surface area contributed by atoms with Crippen LogP contribution in [0.1, 0.15) is 16.8 Å². The molecule has 1 aliphatic heterocycles. The number of halogens is 1. The number of amides is 3. The first-order valence-electron chi connectivity index (χ1n) is 7.82. The molecule has 0 aliphatic carbocycles. The number of imide groups is 1. The predicted octanol–water partition coefficient (Wildman–Crippen LogP) is 1.40. The smallest absolute Gasteiger partial charge is 0.268 e. The Morgan fingerprint density at radius 2 is 1.85 bits per heavy atom. The van der Waals surface area contributed by atoms with Crippen LogP contribution in [-0.4, -0.2) is 30.9 Å². The molecule has 1 saturated heterocycles. The average Bonchev–Trinajstić information content (AvgIpc) is 2.93. The third-order valence-electron chi connectivity index (χ3n) is 3.96. The Bertz CT molecular complexity index is 854. The van der Waals surface area contributed by atoms with Gasteiger partial charge in [0.25, 0.3) is 11.8 Å². The van der Waals surface area contributed by atoms with Crippen LogP contribution in [0.2, 0.25) is 0 Å². The topological polar surface area (TPSA) is 87.7 Å². The highest BCUT2D eigenvalue weighted by Gasteiger charge is 2.39. The van der Waals surface area contributed by atoms with Crippen molar-refractivity contribution in [1.29, 1.82) is 0 Å². The van der Waals surface area contributed by atoms with Gasteiger partial charge in [-0.15, -0.1) is 0 Å². The summed E-state index contributed by atoms with van der Waals surface area (Å²) in [6.45, 7) is 0. The second-order valence-corrected chi connectivity index (χ2v) is 5.60. The van der Waals surface area contributed by atoms with Crippen molar-refractivity contribution in [2.75, 3.05) is 12.0 Å². The summed E-state index contributed by atoms with van der Waals surface area (Å²) in [4.78, 5) is 37.7. The maximum absolute atomic E-state index is 13.6. The van der Waals surface area contributed by atoms with Crippen LogP contribution in [0.15, 0.2) is 48.5 Å². The van der Waals surface area contributed by atoms with Crippen LogP contribution in [0.25, 0.3) is 0 Å². The number of ether oxygens (including phenoxy) is 1. The van der Waals surface area contributed by atoms with E-state index in [0.717, 1.165) is 11.0 Å². The number of anilines is 1. The average molecular weight is 357 g/mol. The molecule has 0 saturated carbocycles. The number of hydrogen-bond donors (Lipinski definition) is 2. The zero-order valence-electron chi connectivity index (χ0n) is 13.9. The van der Waals surface area contributed by atoms with Gasteiger partial charge in [-0.3, -0.25) is 19.8 Å². The van der Waals surface area contributed by atoms with Gasteiger partial charge in [0.15, 0.2) is 0 Å². The summed E-state index contributed by atoms with van der Waals surface area (Å²) in [7, 11) is 1.51. The van der Waals surface area contributed by atoms with Crippen molar-refractivity contribution in [2.24, 2.45) is 0 Å². The van der Waals surface area contributed by atoms with Gasteiger partial charge in [0.2, 0.25) is 5.91 Å². The molecule has 2 N–H and O–H groups in total. The quantitative estimate of drug-likeness (QED) is 0.624. The number of carbonyl (C=O) groups excluding carboxylic acids is 3. The molecule has 1 aliphatic rings. The summed E-state index contributed by atoms with van der Waals surface area (Å²) in [6, 6.07) is 11.0. The molecule has 1 atom stereocenters. The van der Waals surface area contributed by atoms with Crippen LogP contribution in [0.4, 0.5) is 10.1 Å². The van der Waals surface area contributed by atoms with E-state index in [1.807, 2.05) is 0 Å². The monoisotopic (exact) mass is 357 g/mol. The number of nitrogens with zero attached hydrogens (tertiary/aromatic N) is 1. The first-order chi connectivity index (χ1) is 12.5. The van der Waals surface area contributed by atoms with Crippen LogP contribution in [0.3, 0.4) is 0 Å². The van der Waals surface area contributed by atoms with E-state index in [2.05, 4.69) is 10.9 Å². The second-order valence-electron chi connectivity index (χ2n) is 5.60. The standard InChI is InChI=1S/C18H16FN3O4/c1-26-12-8-6-11(7-9-12)22-16(23)10-15(18(22)25)20-21-17(24)13-4-2-3-5-14(13)19/h2-9,15,20H,10H2,1H3,(H,21,24). The Kier molecular flexibility index (Phi) is 4.94. The summed E-state index contributed by atoms with van der Waals surface area (Å²) in [5.74, 6) is -1.72. The molecule has 0 bridgehead atoms. The van der Waals surface area contributed by atoms with Crippen molar-refractivity contribution in [1.82, 2.24) is 10.9 Å². The molecule has 0 aromatic heterocycles. The molecule has 1 heterocycles. The van der Waals surface area contributed by atoms with Crippen molar-refractivity contribution in [2.45, 2.75) is 12.5 Å². The van der Waals surface area contributed by atoms with E-state index in [1.165, 1.54) is 25.3 Å². The Morgan fingerprint density at radius 3 is 2.50 bits per heavy atom. The maximum Gasteiger partial charge on any atom is 0.268 e. The van der Waals surface area contributed by atoms with E-state index in [0.29, 0.717) is 11.4 Å². The van der Waals surface area contributed by atoms with E-state index in [9.17, 15) is 18.8 Å². The number of benzene rings is 2. The second kappa shape index (κ2) is 7.32. The molecule has 7 nitrogen and oxygen atoms in total. The molecule has 0 spiro atoms. The van der Waals surface area contributed by atoms with Gasteiger partial charge in [-0.1, -0.05) is 12.1 Å². The largest absolute Gasteiger partial charge is 0.497 e. The fourth-order valence-electron chi connectivity index (χ4n) is 2.61. The van der Waals surface area contributed by atoms with Crippen molar-refractivity contribution < 1.29 is 23.5 Å².